The Morgan fingerprint density at radius 1 is 1.59 bits per heavy atom. The van der Waals surface area contributed by atoms with Crippen LogP contribution in [0.1, 0.15) is 6.92 Å². The van der Waals surface area contributed by atoms with Crippen LogP contribution in [-0.2, 0) is 10.0 Å². The third kappa shape index (κ3) is 3.80. The Morgan fingerprint density at radius 2 is 2.18 bits per heavy atom. The molecule has 0 heterocycles. The molecule has 1 atom stereocenters. The standard InChI is InChI=1S/C9H10BrClN2O2S2/c1-5(9(12)16)17(14,15)13-8-4-6(10)2-3-7(8)11/h2-5,13H,1H3,(H2,12,16). The maximum atomic E-state index is 11.9. The summed E-state index contributed by atoms with van der Waals surface area (Å²) < 4.78 is 26.8. The van der Waals surface area contributed by atoms with Gasteiger partial charge in [0.05, 0.1) is 15.7 Å². The zero-order chi connectivity index (χ0) is 13.2. The molecule has 0 radical (unpaired) electrons. The summed E-state index contributed by atoms with van der Waals surface area (Å²) in [6.45, 7) is 1.41. The first kappa shape index (κ1) is 14.7. The largest absolute Gasteiger partial charge is 0.392 e. The van der Waals surface area contributed by atoms with Crippen molar-refractivity contribution in [2.45, 2.75) is 12.2 Å². The lowest BCUT2D eigenvalue weighted by Gasteiger charge is -2.14. The van der Waals surface area contributed by atoms with Gasteiger partial charge in [-0.05, 0) is 25.1 Å². The van der Waals surface area contributed by atoms with Crippen molar-refractivity contribution >= 4 is 60.4 Å². The maximum absolute atomic E-state index is 11.9. The third-order valence-corrected chi connectivity index (χ3v) is 5.06. The van der Waals surface area contributed by atoms with Crippen molar-refractivity contribution in [1.82, 2.24) is 0 Å². The summed E-state index contributed by atoms with van der Waals surface area (Å²) in [6.07, 6.45) is 0. The van der Waals surface area contributed by atoms with Crippen LogP contribution < -0.4 is 10.5 Å². The van der Waals surface area contributed by atoms with E-state index in [0.717, 1.165) is 0 Å². The summed E-state index contributed by atoms with van der Waals surface area (Å²) in [5.74, 6) is 0. The van der Waals surface area contributed by atoms with Crippen molar-refractivity contribution in [3.8, 4) is 0 Å². The molecule has 94 valence electrons. The number of hydrogen-bond donors (Lipinski definition) is 2. The van der Waals surface area contributed by atoms with Gasteiger partial charge in [-0.3, -0.25) is 4.72 Å². The fraction of sp³-hybridized carbons (Fsp3) is 0.222. The highest BCUT2D eigenvalue weighted by atomic mass is 79.9. The fourth-order valence-electron chi connectivity index (χ4n) is 0.970. The molecule has 17 heavy (non-hydrogen) atoms. The number of nitrogens with one attached hydrogen (secondary N) is 1. The van der Waals surface area contributed by atoms with Crippen LogP contribution >= 0.6 is 39.7 Å². The van der Waals surface area contributed by atoms with Crippen molar-refractivity contribution < 1.29 is 8.42 Å². The van der Waals surface area contributed by atoms with Gasteiger partial charge in [0.15, 0.2) is 0 Å². The highest BCUT2D eigenvalue weighted by Gasteiger charge is 2.23. The summed E-state index contributed by atoms with van der Waals surface area (Å²) >= 11 is 13.8. The van der Waals surface area contributed by atoms with E-state index in [1.165, 1.54) is 6.92 Å². The summed E-state index contributed by atoms with van der Waals surface area (Å²) in [5.41, 5.74) is 5.60. The van der Waals surface area contributed by atoms with E-state index in [4.69, 9.17) is 17.3 Å². The van der Waals surface area contributed by atoms with Crippen LogP contribution in [0.25, 0.3) is 0 Å². The second kappa shape index (κ2) is 5.51. The Kier molecular flexibility index (Phi) is 4.77. The number of thiocarbonyl (C=S) groups is 1. The molecule has 4 nitrogen and oxygen atoms in total. The molecular formula is C9H10BrClN2O2S2. The average Bonchev–Trinajstić information content (AvgIpc) is 2.21. The van der Waals surface area contributed by atoms with Gasteiger partial charge in [-0.15, -0.1) is 0 Å². The molecule has 1 aromatic rings. The molecule has 0 saturated carbocycles. The second-order valence-corrected chi connectivity index (χ2v) is 7.11. The minimum Gasteiger partial charge on any atom is -0.392 e. The lowest BCUT2D eigenvalue weighted by atomic mass is 10.3. The Labute approximate surface area is 119 Å². The number of halogens is 2. The number of nitrogens with two attached hydrogens (primary N) is 1. The highest BCUT2D eigenvalue weighted by Crippen LogP contribution is 2.27. The van der Waals surface area contributed by atoms with Crippen LogP contribution in [-0.4, -0.2) is 18.7 Å². The van der Waals surface area contributed by atoms with E-state index < -0.39 is 15.3 Å². The van der Waals surface area contributed by atoms with Gasteiger partial charge in [0.1, 0.15) is 5.25 Å². The van der Waals surface area contributed by atoms with Gasteiger partial charge < -0.3 is 5.73 Å². The molecule has 3 N–H and O–H groups in total. The van der Waals surface area contributed by atoms with Crippen LogP contribution in [0.3, 0.4) is 0 Å². The molecular weight excluding hydrogens is 348 g/mol. The molecule has 0 aromatic heterocycles. The molecule has 0 spiro atoms. The van der Waals surface area contributed by atoms with Crippen LogP contribution in [0.4, 0.5) is 5.69 Å². The molecule has 0 aliphatic carbocycles. The molecule has 0 aliphatic heterocycles. The monoisotopic (exact) mass is 356 g/mol. The van der Waals surface area contributed by atoms with Gasteiger partial charge in [0.2, 0.25) is 10.0 Å². The minimum atomic E-state index is -3.67. The summed E-state index contributed by atoms with van der Waals surface area (Å²) in [5, 5.41) is -0.667. The van der Waals surface area contributed by atoms with E-state index in [2.05, 4.69) is 32.9 Å². The number of sulfonamides is 1. The molecule has 1 unspecified atom stereocenters. The van der Waals surface area contributed by atoms with Crippen LogP contribution in [0.15, 0.2) is 22.7 Å². The Bertz CT molecular complexity index is 548. The number of benzene rings is 1. The topological polar surface area (TPSA) is 72.2 Å². The first-order chi connectivity index (χ1) is 7.74. The molecule has 1 aromatic carbocycles. The normalized spacial score (nSPS) is 13.1. The van der Waals surface area contributed by atoms with Gasteiger partial charge in [0.25, 0.3) is 0 Å². The van der Waals surface area contributed by atoms with Crippen molar-refractivity contribution in [2.75, 3.05) is 4.72 Å². The Balaban J connectivity index is 3.06. The number of rotatable bonds is 4. The lowest BCUT2D eigenvalue weighted by molar-refractivity contribution is 0.598. The highest BCUT2D eigenvalue weighted by molar-refractivity contribution is 9.10. The zero-order valence-corrected chi connectivity index (χ0v) is 12.8. The van der Waals surface area contributed by atoms with Gasteiger partial charge in [-0.2, -0.15) is 0 Å². The smallest absolute Gasteiger partial charge is 0.241 e. The van der Waals surface area contributed by atoms with E-state index in [0.29, 0.717) is 9.50 Å². The first-order valence-electron chi connectivity index (χ1n) is 4.50. The summed E-state index contributed by atoms with van der Waals surface area (Å²) in [7, 11) is -3.67. The lowest BCUT2D eigenvalue weighted by Crippen LogP contribution is -2.35. The average molecular weight is 358 g/mol. The number of hydrogen-bond acceptors (Lipinski definition) is 3. The summed E-state index contributed by atoms with van der Waals surface area (Å²) in [4.78, 5) is -0.0939. The first-order valence-corrected chi connectivity index (χ1v) is 7.62. The van der Waals surface area contributed by atoms with E-state index in [1.807, 2.05) is 0 Å². The SMILES string of the molecule is CC(C(N)=S)S(=O)(=O)Nc1cc(Br)ccc1Cl. The summed E-state index contributed by atoms with van der Waals surface area (Å²) in [6, 6.07) is 4.85. The predicted molar refractivity (Wildman–Crippen MR) is 77.9 cm³/mol. The van der Waals surface area contributed by atoms with Crippen molar-refractivity contribution in [2.24, 2.45) is 5.73 Å². The molecule has 0 bridgehead atoms. The third-order valence-electron chi connectivity index (χ3n) is 2.05. The van der Waals surface area contributed by atoms with Gasteiger partial charge in [-0.1, -0.05) is 39.7 Å². The second-order valence-electron chi connectivity index (χ2n) is 3.32. The van der Waals surface area contributed by atoms with E-state index in [1.54, 1.807) is 18.2 Å². The molecule has 0 amide bonds. The number of anilines is 1. The molecule has 1 rings (SSSR count). The van der Waals surface area contributed by atoms with Crippen LogP contribution in [0, 0.1) is 0 Å². The Hall–Kier alpha value is -0.370. The predicted octanol–water partition coefficient (Wildman–Crippen LogP) is 2.52. The van der Waals surface area contributed by atoms with Gasteiger partial charge >= 0.3 is 0 Å². The molecule has 0 fully saturated rings. The van der Waals surface area contributed by atoms with Gasteiger partial charge in [0, 0.05) is 4.47 Å². The van der Waals surface area contributed by atoms with Crippen LogP contribution in [0.2, 0.25) is 5.02 Å². The minimum absolute atomic E-state index is 0.0939. The zero-order valence-electron chi connectivity index (χ0n) is 8.78. The Morgan fingerprint density at radius 3 is 2.71 bits per heavy atom. The van der Waals surface area contributed by atoms with E-state index in [-0.39, 0.29) is 10.7 Å². The molecule has 8 heteroatoms. The quantitative estimate of drug-likeness (QED) is 0.812. The molecule has 0 saturated heterocycles. The van der Waals surface area contributed by atoms with Gasteiger partial charge in [-0.25, -0.2) is 8.42 Å². The van der Waals surface area contributed by atoms with Crippen molar-refractivity contribution in [3.63, 3.8) is 0 Å². The van der Waals surface area contributed by atoms with E-state index in [9.17, 15) is 8.42 Å². The van der Waals surface area contributed by atoms with Crippen LogP contribution in [0.5, 0.6) is 0 Å². The fourth-order valence-corrected chi connectivity index (χ4v) is 2.89. The van der Waals surface area contributed by atoms with Crippen molar-refractivity contribution in [3.05, 3.63) is 27.7 Å². The van der Waals surface area contributed by atoms with E-state index >= 15 is 0 Å². The molecule has 0 aliphatic rings. The maximum Gasteiger partial charge on any atom is 0.241 e. The van der Waals surface area contributed by atoms with Crippen molar-refractivity contribution in [1.29, 1.82) is 0 Å².